The van der Waals surface area contributed by atoms with Crippen molar-refractivity contribution in [2.45, 2.75) is 38.5 Å². The zero-order valence-electron chi connectivity index (χ0n) is 12.8. The molecule has 1 saturated heterocycles. The van der Waals surface area contributed by atoms with Crippen LogP contribution in [-0.4, -0.2) is 37.6 Å². The molecule has 1 fully saturated rings. The first-order chi connectivity index (χ1) is 9.86. The highest BCUT2D eigenvalue weighted by Crippen LogP contribution is 2.30. The van der Waals surface area contributed by atoms with Crippen molar-refractivity contribution in [1.82, 2.24) is 10.2 Å². The third-order valence-electron chi connectivity index (χ3n) is 5.13. The van der Waals surface area contributed by atoms with Gasteiger partial charge in [-0.2, -0.15) is 0 Å². The molecule has 0 bridgehead atoms. The molecule has 20 heavy (non-hydrogen) atoms. The maximum atomic E-state index is 3.76. The number of benzene rings is 1. The molecule has 1 aromatic carbocycles. The van der Waals surface area contributed by atoms with E-state index in [1.54, 1.807) is 11.1 Å². The normalized spacial score (nSPS) is 26.6. The van der Waals surface area contributed by atoms with Gasteiger partial charge in [-0.3, -0.25) is 0 Å². The molecule has 0 amide bonds. The van der Waals surface area contributed by atoms with Gasteiger partial charge < -0.3 is 10.2 Å². The summed E-state index contributed by atoms with van der Waals surface area (Å²) < 4.78 is 0. The lowest BCUT2D eigenvalue weighted by molar-refractivity contribution is 0.337. The van der Waals surface area contributed by atoms with Crippen LogP contribution in [0.4, 0.5) is 0 Å². The standard InChI is InChI=1S/C18H28N2/c1-2-20-11-10-15(14-20)12-19-13-17-8-5-7-16-6-3-4-9-18(16)17/h3-4,6,9,15,17,19H,2,5,7-8,10-14H2,1H3. The zero-order valence-corrected chi connectivity index (χ0v) is 12.8. The molecule has 110 valence electrons. The fraction of sp³-hybridized carbons (Fsp3) is 0.667. The van der Waals surface area contributed by atoms with Crippen molar-refractivity contribution in [3.05, 3.63) is 35.4 Å². The number of hydrogen-bond donors (Lipinski definition) is 1. The summed E-state index contributed by atoms with van der Waals surface area (Å²) in [7, 11) is 0. The number of fused-ring (bicyclic) bond motifs is 1. The molecular weight excluding hydrogens is 244 g/mol. The van der Waals surface area contributed by atoms with Crippen LogP contribution in [0.5, 0.6) is 0 Å². The Morgan fingerprint density at radius 1 is 1.20 bits per heavy atom. The van der Waals surface area contributed by atoms with Crippen LogP contribution in [0.25, 0.3) is 0 Å². The van der Waals surface area contributed by atoms with E-state index in [9.17, 15) is 0 Å². The molecule has 2 heteroatoms. The molecule has 3 rings (SSSR count). The number of nitrogens with one attached hydrogen (secondary N) is 1. The van der Waals surface area contributed by atoms with E-state index in [0.717, 1.165) is 11.8 Å². The number of rotatable bonds is 5. The molecule has 1 N–H and O–H groups in total. The molecule has 1 aliphatic heterocycles. The fourth-order valence-electron chi connectivity index (χ4n) is 3.89. The summed E-state index contributed by atoms with van der Waals surface area (Å²) in [5.74, 6) is 1.61. The van der Waals surface area contributed by atoms with Crippen LogP contribution in [0.2, 0.25) is 0 Å². The Labute approximate surface area is 123 Å². The van der Waals surface area contributed by atoms with Gasteiger partial charge in [0.15, 0.2) is 0 Å². The van der Waals surface area contributed by atoms with Crippen LogP contribution in [0.1, 0.15) is 43.2 Å². The quantitative estimate of drug-likeness (QED) is 0.886. The zero-order chi connectivity index (χ0) is 13.8. The number of aryl methyl sites for hydroxylation is 1. The van der Waals surface area contributed by atoms with Crippen molar-refractivity contribution >= 4 is 0 Å². The Kier molecular flexibility index (Phi) is 4.74. The van der Waals surface area contributed by atoms with E-state index < -0.39 is 0 Å². The van der Waals surface area contributed by atoms with Crippen LogP contribution in [0, 0.1) is 5.92 Å². The van der Waals surface area contributed by atoms with Crippen LogP contribution >= 0.6 is 0 Å². The summed E-state index contributed by atoms with van der Waals surface area (Å²) in [5, 5.41) is 3.76. The highest BCUT2D eigenvalue weighted by atomic mass is 15.1. The second kappa shape index (κ2) is 6.73. The minimum Gasteiger partial charge on any atom is -0.316 e. The molecule has 0 saturated carbocycles. The van der Waals surface area contributed by atoms with Gasteiger partial charge in [-0.1, -0.05) is 31.2 Å². The first-order valence-corrected chi connectivity index (χ1v) is 8.37. The van der Waals surface area contributed by atoms with Gasteiger partial charge in [0.1, 0.15) is 0 Å². The van der Waals surface area contributed by atoms with E-state index in [2.05, 4.69) is 41.4 Å². The first kappa shape index (κ1) is 14.1. The SMILES string of the molecule is CCN1CCC(CNCC2CCCc3ccccc32)C1. The molecule has 2 aliphatic rings. The van der Waals surface area contributed by atoms with Crippen molar-refractivity contribution in [3.63, 3.8) is 0 Å². The van der Waals surface area contributed by atoms with Crippen LogP contribution in [0.3, 0.4) is 0 Å². The average Bonchev–Trinajstić information content (AvgIpc) is 2.95. The topological polar surface area (TPSA) is 15.3 Å². The van der Waals surface area contributed by atoms with Crippen molar-refractivity contribution in [3.8, 4) is 0 Å². The average molecular weight is 272 g/mol. The Morgan fingerprint density at radius 3 is 2.95 bits per heavy atom. The maximum Gasteiger partial charge on any atom is 0.00222 e. The van der Waals surface area contributed by atoms with Gasteiger partial charge in [0.2, 0.25) is 0 Å². The third kappa shape index (κ3) is 3.24. The molecular formula is C18H28N2. The lowest BCUT2D eigenvalue weighted by atomic mass is 9.83. The molecule has 2 atom stereocenters. The Balaban J connectivity index is 1.48. The van der Waals surface area contributed by atoms with E-state index >= 15 is 0 Å². The molecule has 0 radical (unpaired) electrons. The van der Waals surface area contributed by atoms with Gasteiger partial charge in [0, 0.05) is 13.1 Å². The Hall–Kier alpha value is -0.860. The summed E-state index contributed by atoms with van der Waals surface area (Å²) in [6.07, 6.45) is 5.37. The number of hydrogen-bond acceptors (Lipinski definition) is 2. The number of likely N-dealkylation sites (tertiary alicyclic amines) is 1. The Morgan fingerprint density at radius 2 is 2.10 bits per heavy atom. The summed E-state index contributed by atoms with van der Waals surface area (Å²) in [5.41, 5.74) is 3.19. The molecule has 0 spiro atoms. The largest absolute Gasteiger partial charge is 0.316 e. The lowest BCUT2D eigenvalue weighted by Gasteiger charge is -2.26. The molecule has 1 heterocycles. The van der Waals surface area contributed by atoms with Crippen LogP contribution < -0.4 is 5.32 Å². The van der Waals surface area contributed by atoms with Gasteiger partial charge in [-0.25, -0.2) is 0 Å². The molecule has 2 unspecified atom stereocenters. The predicted octanol–water partition coefficient (Wildman–Crippen LogP) is 3.04. The highest BCUT2D eigenvalue weighted by Gasteiger charge is 2.22. The van der Waals surface area contributed by atoms with Gasteiger partial charge in [-0.05, 0) is 68.3 Å². The third-order valence-corrected chi connectivity index (χ3v) is 5.13. The molecule has 2 nitrogen and oxygen atoms in total. The van der Waals surface area contributed by atoms with Crippen molar-refractivity contribution in [1.29, 1.82) is 0 Å². The van der Waals surface area contributed by atoms with Gasteiger partial charge in [0.25, 0.3) is 0 Å². The monoisotopic (exact) mass is 272 g/mol. The van der Waals surface area contributed by atoms with Crippen molar-refractivity contribution in [2.24, 2.45) is 5.92 Å². The summed E-state index contributed by atoms with van der Waals surface area (Å²) in [4.78, 5) is 2.57. The van der Waals surface area contributed by atoms with E-state index in [0.29, 0.717) is 0 Å². The van der Waals surface area contributed by atoms with E-state index in [-0.39, 0.29) is 0 Å². The first-order valence-electron chi connectivity index (χ1n) is 8.37. The summed E-state index contributed by atoms with van der Waals surface area (Å²) in [6, 6.07) is 9.05. The van der Waals surface area contributed by atoms with Gasteiger partial charge >= 0.3 is 0 Å². The van der Waals surface area contributed by atoms with E-state index in [1.165, 1.54) is 58.4 Å². The highest BCUT2D eigenvalue weighted by molar-refractivity contribution is 5.32. The van der Waals surface area contributed by atoms with Crippen molar-refractivity contribution < 1.29 is 0 Å². The van der Waals surface area contributed by atoms with E-state index in [1.807, 2.05) is 0 Å². The van der Waals surface area contributed by atoms with Crippen molar-refractivity contribution in [2.75, 3.05) is 32.7 Å². The van der Waals surface area contributed by atoms with E-state index in [4.69, 9.17) is 0 Å². The van der Waals surface area contributed by atoms with Crippen LogP contribution in [-0.2, 0) is 6.42 Å². The van der Waals surface area contributed by atoms with Gasteiger partial charge in [-0.15, -0.1) is 0 Å². The minimum absolute atomic E-state index is 0.739. The van der Waals surface area contributed by atoms with Crippen LogP contribution in [0.15, 0.2) is 24.3 Å². The predicted molar refractivity (Wildman–Crippen MR) is 85.2 cm³/mol. The number of nitrogens with zero attached hydrogens (tertiary/aromatic N) is 1. The summed E-state index contributed by atoms with van der Waals surface area (Å²) >= 11 is 0. The smallest absolute Gasteiger partial charge is 0.00222 e. The van der Waals surface area contributed by atoms with Gasteiger partial charge in [0.05, 0.1) is 0 Å². The second-order valence-electron chi connectivity index (χ2n) is 6.49. The Bertz CT molecular complexity index is 429. The second-order valence-corrected chi connectivity index (χ2v) is 6.49. The maximum absolute atomic E-state index is 3.76. The lowest BCUT2D eigenvalue weighted by Crippen LogP contribution is -2.30. The fourth-order valence-corrected chi connectivity index (χ4v) is 3.89. The molecule has 1 aromatic rings. The molecule has 0 aromatic heterocycles. The molecule has 1 aliphatic carbocycles. The minimum atomic E-state index is 0.739. The summed E-state index contributed by atoms with van der Waals surface area (Å²) in [6.45, 7) is 8.45.